The van der Waals surface area contributed by atoms with Gasteiger partial charge in [0, 0.05) is 11.1 Å². The number of nitrogens with one attached hydrogen (secondary N) is 1. The van der Waals surface area contributed by atoms with Crippen LogP contribution in [0.15, 0.2) is 27.6 Å². The van der Waals surface area contributed by atoms with Gasteiger partial charge in [-0.1, -0.05) is 15.9 Å². The maximum Gasteiger partial charge on any atom is 0.417 e. The van der Waals surface area contributed by atoms with E-state index in [9.17, 15) is 31.6 Å². The summed E-state index contributed by atoms with van der Waals surface area (Å²) in [5.74, 6) is -1.36. The fraction of sp³-hybridized carbons (Fsp3) is 0.579. The number of rotatable bonds is 6. The third-order valence-corrected chi connectivity index (χ3v) is 8.22. The Balaban J connectivity index is 1.90. The van der Waals surface area contributed by atoms with Gasteiger partial charge in [-0.05, 0) is 50.8 Å². The number of benzene rings is 1. The summed E-state index contributed by atoms with van der Waals surface area (Å²) in [5, 5.41) is 10.6. The van der Waals surface area contributed by atoms with Gasteiger partial charge in [0.15, 0.2) is 9.84 Å². The van der Waals surface area contributed by atoms with Crippen LogP contribution < -0.4 is 5.32 Å². The lowest BCUT2D eigenvalue weighted by molar-refractivity contribution is -0.140. The van der Waals surface area contributed by atoms with Crippen molar-refractivity contribution < 1.29 is 31.1 Å². The minimum Gasteiger partial charge on any atom is -0.378 e. The highest BCUT2D eigenvalue weighted by Crippen LogP contribution is 2.42. The van der Waals surface area contributed by atoms with Crippen molar-refractivity contribution in [3.05, 3.63) is 28.2 Å². The van der Waals surface area contributed by atoms with Crippen molar-refractivity contribution in [3.8, 4) is 6.07 Å². The molecule has 0 radical (unpaired) electrons. The Morgan fingerprint density at radius 2 is 2.03 bits per heavy atom. The summed E-state index contributed by atoms with van der Waals surface area (Å²) in [7, 11) is -4.39. The van der Waals surface area contributed by atoms with E-state index in [1.807, 2.05) is 6.07 Å². The Morgan fingerprint density at radius 1 is 1.37 bits per heavy atom. The number of nitriles is 1. The van der Waals surface area contributed by atoms with E-state index >= 15 is 0 Å². The van der Waals surface area contributed by atoms with E-state index in [2.05, 4.69) is 21.2 Å². The second-order valence-electron chi connectivity index (χ2n) is 7.56. The van der Waals surface area contributed by atoms with Crippen LogP contribution in [0.2, 0.25) is 0 Å². The predicted octanol–water partition coefficient (Wildman–Crippen LogP) is 3.60. The largest absolute Gasteiger partial charge is 0.417 e. The second-order valence-corrected chi connectivity index (χ2v) is 10.7. The molecule has 3 rings (SSSR count). The SMILES string of the molecule is CCOC1CC(S(=O)(=O)c2ccc(Br)cc2C(F)(F)F)CC1C(=O)NC1(C#N)CC1. The third kappa shape index (κ3) is 4.50. The van der Waals surface area contributed by atoms with Crippen LogP contribution in [0.4, 0.5) is 13.2 Å². The molecule has 2 fully saturated rings. The Kier molecular flexibility index (Phi) is 6.24. The molecule has 2 saturated carbocycles. The molecule has 30 heavy (non-hydrogen) atoms. The monoisotopic (exact) mass is 508 g/mol. The number of alkyl halides is 3. The summed E-state index contributed by atoms with van der Waals surface area (Å²) in [5.41, 5.74) is -2.18. The van der Waals surface area contributed by atoms with Gasteiger partial charge in [-0.15, -0.1) is 0 Å². The first kappa shape index (κ1) is 23.0. The topological polar surface area (TPSA) is 96.3 Å². The van der Waals surface area contributed by atoms with Crippen molar-refractivity contribution >= 4 is 31.7 Å². The molecule has 3 atom stereocenters. The van der Waals surface area contributed by atoms with Crippen LogP contribution in [-0.2, 0) is 25.5 Å². The number of hydrogen-bond acceptors (Lipinski definition) is 5. The lowest BCUT2D eigenvalue weighted by Gasteiger charge is -2.20. The highest BCUT2D eigenvalue weighted by Gasteiger charge is 2.51. The van der Waals surface area contributed by atoms with Gasteiger partial charge < -0.3 is 10.1 Å². The van der Waals surface area contributed by atoms with E-state index in [4.69, 9.17) is 4.74 Å². The van der Waals surface area contributed by atoms with E-state index in [1.165, 1.54) is 6.07 Å². The van der Waals surface area contributed by atoms with Crippen LogP contribution in [-0.4, -0.2) is 37.8 Å². The fourth-order valence-corrected chi connectivity index (χ4v) is 6.11. The zero-order valence-corrected chi connectivity index (χ0v) is 18.4. The lowest BCUT2D eigenvalue weighted by atomic mass is 10.0. The van der Waals surface area contributed by atoms with Crippen LogP contribution in [0.5, 0.6) is 0 Å². The van der Waals surface area contributed by atoms with Crippen molar-refractivity contribution in [2.24, 2.45) is 5.92 Å². The number of sulfone groups is 1. The Labute approximate surface area is 180 Å². The van der Waals surface area contributed by atoms with Crippen molar-refractivity contribution in [1.82, 2.24) is 5.32 Å². The molecule has 0 aromatic heterocycles. The molecule has 0 heterocycles. The summed E-state index contributed by atoms with van der Waals surface area (Å²) in [6.45, 7) is 1.90. The van der Waals surface area contributed by atoms with Crippen LogP contribution in [0.3, 0.4) is 0 Å². The normalized spacial score (nSPS) is 25.5. The van der Waals surface area contributed by atoms with Crippen LogP contribution in [0, 0.1) is 17.2 Å². The van der Waals surface area contributed by atoms with Crippen molar-refractivity contribution in [2.75, 3.05) is 6.61 Å². The Morgan fingerprint density at radius 3 is 2.57 bits per heavy atom. The molecule has 1 aromatic rings. The summed E-state index contributed by atoms with van der Waals surface area (Å²) >= 11 is 2.94. The molecule has 1 aromatic carbocycles. The molecular formula is C19H20BrF3N2O4S. The number of nitrogens with zero attached hydrogens (tertiary/aromatic N) is 1. The van der Waals surface area contributed by atoms with Gasteiger partial charge in [0.1, 0.15) is 5.54 Å². The molecule has 164 valence electrons. The number of halogens is 4. The second kappa shape index (κ2) is 8.13. The highest BCUT2D eigenvalue weighted by molar-refractivity contribution is 9.10. The molecule has 0 bridgehead atoms. The number of amides is 1. The number of carbonyl (C=O) groups is 1. The molecule has 0 saturated heterocycles. The van der Waals surface area contributed by atoms with Crippen molar-refractivity contribution in [1.29, 1.82) is 5.26 Å². The van der Waals surface area contributed by atoms with Crippen LogP contribution in [0.25, 0.3) is 0 Å². The Bertz CT molecular complexity index is 986. The average molecular weight is 509 g/mol. The maximum atomic E-state index is 13.5. The average Bonchev–Trinajstić information content (AvgIpc) is 3.29. The van der Waals surface area contributed by atoms with Gasteiger partial charge >= 0.3 is 6.18 Å². The highest BCUT2D eigenvalue weighted by atomic mass is 79.9. The molecule has 1 N–H and O–H groups in total. The van der Waals surface area contributed by atoms with E-state index in [0.29, 0.717) is 12.8 Å². The minimum atomic E-state index is -4.86. The number of carbonyl (C=O) groups excluding carboxylic acids is 1. The summed E-state index contributed by atoms with van der Waals surface area (Å²) in [6, 6.07) is 4.93. The molecule has 0 aliphatic heterocycles. The molecule has 1 amide bonds. The summed E-state index contributed by atoms with van der Waals surface area (Å²) < 4.78 is 72.3. The zero-order chi connectivity index (χ0) is 22.3. The molecule has 6 nitrogen and oxygen atoms in total. The molecule has 0 spiro atoms. The molecule has 2 aliphatic rings. The quantitative estimate of drug-likeness (QED) is 0.633. The molecular weight excluding hydrogens is 489 g/mol. The maximum absolute atomic E-state index is 13.5. The van der Waals surface area contributed by atoms with Gasteiger partial charge in [0.25, 0.3) is 0 Å². The summed E-state index contributed by atoms with van der Waals surface area (Å²) in [6.07, 6.45) is -4.86. The van der Waals surface area contributed by atoms with Crippen LogP contribution >= 0.6 is 15.9 Å². The summed E-state index contributed by atoms with van der Waals surface area (Å²) in [4.78, 5) is 11.9. The number of ether oxygens (including phenoxy) is 1. The molecule has 2 aliphatic carbocycles. The molecule has 11 heteroatoms. The lowest BCUT2D eigenvalue weighted by Crippen LogP contribution is -2.42. The van der Waals surface area contributed by atoms with Gasteiger partial charge in [-0.2, -0.15) is 18.4 Å². The first-order chi connectivity index (χ1) is 13.9. The van der Waals surface area contributed by atoms with E-state index in [1.54, 1.807) is 6.92 Å². The first-order valence-electron chi connectivity index (χ1n) is 9.39. The van der Waals surface area contributed by atoms with Crippen molar-refractivity contribution in [3.63, 3.8) is 0 Å². The van der Waals surface area contributed by atoms with Crippen LogP contribution in [0.1, 0.15) is 38.2 Å². The van der Waals surface area contributed by atoms with Gasteiger partial charge in [-0.25, -0.2) is 8.42 Å². The first-order valence-corrected chi connectivity index (χ1v) is 11.7. The van der Waals surface area contributed by atoms with Gasteiger partial charge in [0.05, 0.1) is 33.8 Å². The molecule has 3 unspecified atom stereocenters. The minimum absolute atomic E-state index is 0.0961. The number of hydrogen-bond donors (Lipinski definition) is 1. The third-order valence-electron chi connectivity index (χ3n) is 5.50. The van der Waals surface area contributed by atoms with E-state index in [-0.39, 0.29) is 23.9 Å². The zero-order valence-electron chi connectivity index (χ0n) is 16.0. The van der Waals surface area contributed by atoms with E-state index < -0.39 is 55.2 Å². The standard InChI is InChI=1S/C19H20BrF3N2O4S/c1-2-29-15-9-12(8-13(15)17(26)25-18(10-24)5-6-18)30(27,28)16-4-3-11(20)7-14(16)19(21,22)23/h3-4,7,12-13,15H,2,5-6,8-9H2,1H3,(H,25,26). The Hall–Kier alpha value is -1.64. The van der Waals surface area contributed by atoms with Gasteiger partial charge in [-0.3, -0.25) is 4.79 Å². The smallest absolute Gasteiger partial charge is 0.378 e. The van der Waals surface area contributed by atoms with E-state index in [0.717, 1.165) is 12.1 Å². The van der Waals surface area contributed by atoms with Gasteiger partial charge in [0.2, 0.25) is 5.91 Å². The van der Waals surface area contributed by atoms with Crippen molar-refractivity contribution in [2.45, 2.75) is 60.6 Å². The fourth-order valence-electron chi connectivity index (χ4n) is 3.75. The predicted molar refractivity (Wildman–Crippen MR) is 104 cm³/mol.